The minimum Gasteiger partial charge on any atom is -0.377 e. The van der Waals surface area contributed by atoms with Crippen molar-refractivity contribution in [3.63, 3.8) is 0 Å². The first kappa shape index (κ1) is 13.4. The minimum atomic E-state index is 0.0696. The van der Waals surface area contributed by atoms with Gasteiger partial charge in [0.1, 0.15) is 0 Å². The molecular formula is C14H15ClN4. The monoisotopic (exact) mass is 274 g/mol. The number of rotatable bonds is 3. The van der Waals surface area contributed by atoms with Gasteiger partial charge in [0.15, 0.2) is 0 Å². The van der Waals surface area contributed by atoms with E-state index in [1.165, 1.54) is 0 Å². The Labute approximate surface area is 117 Å². The van der Waals surface area contributed by atoms with Crippen molar-refractivity contribution in [3.8, 4) is 6.07 Å². The summed E-state index contributed by atoms with van der Waals surface area (Å²) in [6, 6.07) is 7.36. The molecule has 0 aliphatic carbocycles. The molecule has 2 aromatic rings. The van der Waals surface area contributed by atoms with E-state index >= 15 is 0 Å². The molecular weight excluding hydrogens is 260 g/mol. The molecule has 0 saturated heterocycles. The zero-order chi connectivity index (χ0) is 14.0. The summed E-state index contributed by atoms with van der Waals surface area (Å²) >= 11 is 6.14. The van der Waals surface area contributed by atoms with Gasteiger partial charge in [-0.1, -0.05) is 11.6 Å². The molecule has 1 heterocycles. The zero-order valence-corrected chi connectivity index (χ0v) is 11.9. The second kappa shape index (κ2) is 5.33. The maximum absolute atomic E-state index is 8.92. The fourth-order valence-corrected chi connectivity index (χ4v) is 2.23. The molecule has 0 bridgehead atoms. The van der Waals surface area contributed by atoms with Crippen LogP contribution in [0.5, 0.6) is 0 Å². The fourth-order valence-electron chi connectivity index (χ4n) is 2.06. The van der Waals surface area contributed by atoms with Crippen molar-refractivity contribution in [2.75, 3.05) is 5.32 Å². The molecule has 1 aromatic carbocycles. The van der Waals surface area contributed by atoms with Crippen molar-refractivity contribution < 1.29 is 0 Å². The molecule has 0 aliphatic heterocycles. The van der Waals surface area contributed by atoms with Crippen molar-refractivity contribution in [1.82, 2.24) is 9.78 Å². The summed E-state index contributed by atoms with van der Waals surface area (Å²) < 4.78 is 1.79. The first-order valence-corrected chi connectivity index (χ1v) is 6.35. The highest BCUT2D eigenvalue weighted by Gasteiger charge is 2.13. The topological polar surface area (TPSA) is 53.6 Å². The van der Waals surface area contributed by atoms with E-state index in [2.05, 4.69) is 16.5 Å². The number of nitriles is 1. The van der Waals surface area contributed by atoms with Crippen LogP contribution in [0.15, 0.2) is 24.4 Å². The summed E-state index contributed by atoms with van der Waals surface area (Å²) in [7, 11) is 1.90. The molecule has 4 nitrogen and oxygen atoms in total. The van der Waals surface area contributed by atoms with Crippen molar-refractivity contribution in [3.05, 3.63) is 46.2 Å². The molecule has 0 spiro atoms. The maximum Gasteiger partial charge on any atom is 0.0992 e. The highest BCUT2D eigenvalue weighted by atomic mass is 35.5. The molecule has 5 heteroatoms. The van der Waals surface area contributed by atoms with E-state index in [9.17, 15) is 0 Å². The number of aryl methyl sites for hydroxylation is 2. The molecule has 0 fully saturated rings. The van der Waals surface area contributed by atoms with Gasteiger partial charge in [0, 0.05) is 18.8 Å². The van der Waals surface area contributed by atoms with E-state index in [1.807, 2.05) is 27.1 Å². The number of aromatic nitrogens is 2. The minimum absolute atomic E-state index is 0.0696. The lowest BCUT2D eigenvalue weighted by molar-refractivity contribution is 0.756. The Hall–Kier alpha value is -1.99. The Kier molecular flexibility index (Phi) is 3.77. The molecule has 1 N–H and O–H groups in total. The smallest absolute Gasteiger partial charge is 0.0992 e. The Morgan fingerprint density at radius 3 is 2.79 bits per heavy atom. The van der Waals surface area contributed by atoms with E-state index in [-0.39, 0.29) is 6.04 Å². The highest BCUT2D eigenvalue weighted by molar-refractivity contribution is 6.33. The van der Waals surface area contributed by atoms with E-state index in [1.54, 1.807) is 22.9 Å². The average Bonchev–Trinajstić information content (AvgIpc) is 2.71. The predicted octanol–water partition coefficient (Wildman–Crippen LogP) is 3.43. The van der Waals surface area contributed by atoms with Crippen LogP contribution in [0, 0.1) is 18.3 Å². The third kappa shape index (κ3) is 2.88. The summed E-state index contributed by atoms with van der Waals surface area (Å²) in [5.41, 5.74) is 3.44. The second-order valence-corrected chi connectivity index (χ2v) is 4.92. The van der Waals surface area contributed by atoms with Crippen LogP contribution in [-0.4, -0.2) is 9.78 Å². The first-order valence-electron chi connectivity index (χ1n) is 5.97. The Morgan fingerprint density at radius 1 is 1.47 bits per heavy atom. The SMILES string of the molecule is Cc1nn(C)cc1C(C)Nc1cc(C#N)ccc1Cl. The number of nitrogens with zero attached hydrogens (tertiary/aromatic N) is 3. The van der Waals surface area contributed by atoms with Crippen molar-refractivity contribution in [2.45, 2.75) is 19.9 Å². The fraction of sp³-hybridized carbons (Fsp3) is 0.286. The third-order valence-electron chi connectivity index (χ3n) is 2.99. The lowest BCUT2D eigenvalue weighted by atomic mass is 10.1. The number of hydrogen-bond donors (Lipinski definition) is 1. The number of anilines is 1. The molecule has 0 saturated carbocycles. The van der Waals surface area contributed by atoms with Gasteiger partial charge in [0.2, 0.25) is 0 Å². The van der Waals surface area contributed by atoms with Crippen LogP contribution in [-0.2, 0) is 7.05 Å². The zero-order valence-electron chi connectivity index (χ0n) is 11.1. The van der Waals surface area contributed by atoms with Gasteiger partial charge < -0.3 is 5.32 Å². The van der Waals surface area contributed by atoms with E-state index < -0.39 is 0 Å². The highest BCUT2D eigenvalue weighted by Crippen LogP contribution is 2.28. The molecule has 0 radical (unpaired) electrons. The van der Waals surface area contributed by atoms with E-state index in [0.29, 0.717) is 10.6 Å². The number of halogens is 1. The Balaban J connectivity index is 2.26. The van der Waals surface area contributed by atoms with Crippen LogP contribution >= 0.6 is 11.6 Å². The van der Waals surface area contributed by atoms with Gasteiger partial charge in [0.05, 0.1) is 34.1 Å². The van der Waals surface area contributed by atoms with Crippen molar-refractivity contribution >= 4 is 17.3 Å². The lowest BCUT2D eigenvalue weighted by Crippen LogP contribution is -2.07. The summed E-state index contributed by atoms with van der Waals surface area (Å²) in [6.07, 6.45) is 1.98. The van der Waals surface area contributed by atoms with Gasteiger partial charge in [-0.05, 0) is 32.0 Å². The van der Waals surface area contributed by atoms with Gasteiger partial charge in [0.25, 0.3) is 0 Å². The first-order chi connectivity index (χ1) is 9.01. The quantitative estimate of drug-likeness (QED) is 0.933. The van der Waals surface area contributed by atoms with Gasteiger partial charge >= 0.3 is 0 Å². The van der Waals surface area contributed by atoms with Crippen LogP contribution in [0.25, 0.3) is 0 Å². The molecule has 0 amide bonds. The number of nitrogens with one attached hydrogen (secondary N) is 1. The normalized spacial score (nSPS) is 11.9. The summed E-state index contributed by atoms with van der Waals surface area (Å²) in [5, 5.41) is 17.2. The predicted molar refractivity (Wildman–Crippen MR) is 76.1 cm³/mol. The lowest BCUT2D eigenvalue weighted by Gasteiger charge is -2.16. The number of benzene rings is 1. The van der Waals surface area contributed by atoms with Crippen LogP contribution in [0.3, 0.4) is 0 Å². The average molecular weight is 275 g/mol. The van der Waals surface area contributed by atoms with Crippen molar-refractivity contribution in [2.24, 2.45) is 7.05 Å². The van der Waals surface area contributed by atoms with Crippen LogP contribution in [0.2, 0.25) is 5.02 Å². The van der Waals surface area contributed by atoms with Crippen molar-refractivity contribution in [1.29, 1.82) is 5.26 Å². The molecule has 1 unspecified atom stereocenters. The molecule has 2 rings (SSSR count). The van der Waals surface area contributed by atoms with Crippen LogP contribution < -0.4 is 5.32 Å². The van der Waals surface area contributed by atoms with Crippen LogP contribution in [0.4, 0.5) is 5.69 Å². The maximum atomic E-state index is 8.92. The standard InChI is InChI=1S/C14H15ClN4/c1-9(12-8-19(3)18-10(12)2)17-14-6-11(7-16)4-5-13(14)15/h4-6,8-9,17H,1-3H3. The molecule has 1 aromatic heterocycles. The van der Waals surface area contributed by atoms with Gasteiger partial charge in [-0.15, -0.1) is 0 Å². The molecule has 0 aliphatic rings. The molecule has 19 heavy (non-hydrogen) atoms. The Bertz CT molecular complexity index is 639. The summed E-state index contributed by atoms with van der Waals surface area (Å²) in [4.78, 5) is 0. The Morgan fingerprint density at radius 2 is 2.21 bits per heavy atom. The van der Waals surface area contributed by atoms with Gasteiger partial charge in [-0.3, -0.25) is 4.68 Å². The number of hydrogen-bond acceptors (Lipinski definition) is 3. The largest absolute Gasteiger partial charge is 0.377 e. The van der Waals surface area contributed by atoms with E-state index in [4.69, 9.17) is 16.9 Å². The summed E-state index contributed by atoms with van der Waals surface area (Å²) in [5.74, 6) is 0. The second-order valence-electron chi connectivity index (χ2n) is 4.52. The summed E-state index contributed by atoms with van der Waals surface area (Å²) in [6.45, 7) is 4.01. The molecule has 98 valence electrons. The van der Waals surface area contributed by atoms with Gasteiger partial charge in [-0.2, -0.15) is 10.4 Å². The van der Waals surface area contributed by atoms with E-state index in [0.717, 1.165) is 16.9 Å². The van der Waals surface area contributed by atoms with Crippen LogP contribution in [0.1, 0.15) is 29.8 Å². The third-order valence-corrected chi connectivity index (χ3v) is 3.31. The van der Waals surface area contributed by atoms with Gasteiger partial charge in [-0.25, -0.2) is 0 Å². The molecule has 1 atom stereocenters.